The van der Waals surface area contributed by atoms with Crippen molar-refractivity contribution in [3.8, 4) is 0 Å². The zero-order chi connectivity index (χ0) is 32.7. The first kappa shape index (κ1) is 33.9. The minimum absolute atomic E-state index is 0.0830. The van der Waals surface area contributed by atoms with E-state index in [1.165, 1.54) is 9.21 Å². The molecule has 0 aromatic heterocycles. The number of nitrogens with one attached hydrogen (secondary N) is 1. The van der Waals surface area contributed by atoms with Crippen molar-refractivity contribution in [1.29, 1.82) is 0 Å². The zero-order valence-electron chi connectivity index (χ0n) is 26.3. The van der Waals surface area contributed by atoms with Gasteiger partial charge in [0.15, 0.2) is 0 Å². The first-order chi connectivity index (χ1) is 21.3. The smallest absolute Gasteiger partial charge is 0.264 e. The fraction of sp³-hybridized carbons (Fsp3) is 0.278. The highest BCUT2D eigenvalue weighted by molar-refractivity contribution is 9.10. The van der Waals surface area contributed by atoms with Crippen LogP contribution in [0.25, 0.3) is 0 Å². The second kappa shape index (κ2) is 14.9. The Balaban J connectivity index is 1.83. The lowest BCUT2D eigenvalue weighted by Gasteiger charge is -2.34. The number of aryl methyl sites for hydroxylation is 3. The van der Waals surface area contributed by atoms with Gasteiger partial charge in [-0.05, 0) is 87.2 Å². The van der Waals surface area contributed by atoms with Crippen LogP contribution in [0, 0.1) is 20.8 Å². The van der Waals surface area contributed by atoms with Gasteiger partial charge in [-0.25, -0.2) is 8.42 Å². The number of hydrogen-bond donors (Lipinski definition) is 1. The molecule has 4 aromatic rings. The molecule has 4 aromatic carbocycles. The molecule has 0 spiro atoms. The molecule has 45 heavy (non-hydrogen) atoms. The number of hydrogen-bond acceptors (Lipinski definition) is 4. The molecule has 0 bridgehead atoms. The molecule has 7 nitrogen and oxygen atoms in total. The minimum atomic E-state index is -4.16. The van der Waals surface area contributed by atoms with Gasteiger partial charge in [-0.3, -0.25) is 13.9 Å². The summed E-state index contributed by atoms with van der Waals surface area (Å²) in [6.45, 7) is 8.96. The van der Waals surface area contributed by atoms with Crippen LogP contribution < -0.4 is 9.62 Å². The van der Waals surface area contributed by atoms with E-state index in [9.17, 15) is 18.0 Å². The lowest BCUT2D eigenvalue weighted by atomic mass is 10.0. The van der Waals surface area contributed by atoms with Gasteiger partial charge in [-0.15, -0.1) is 0 Å². The minimum Gasteiger partial charge on any atom is -0.352 e. The second-order valence-corrected chi connectivity index (χ2v) is 14.4. The molecule has 0 aliphatic rings. The summed E-state index contributed by atoms with van der Waals surface area (Å²) in [6.07, 6.45) is 0.260. The van der Waals surface area contributed by atoms with Gasteiger partial charge < -0.3 is 10.2 Å². The Labute approximate surface area is 275 Å². The summed E-state index contributed by atoms with van der Waals surface area (Å²) in [5.41, 5.74) is 4.59. The Hall–Kier alpha value is -3.95. The van der Waals surface area contributed by atoms with Crippen molar-refractivity contribution in [3.05, 3.63) is 129 Å². The van der Waals surface area contributed by atoms with Crippen molar-refractivity contribution < 1.29 is 18.0 Å². The fourth-order valence-electron chi connectivity index (χ4n) is 5.06. The third-order valence-corrected chi connectivity index (χ3v) is 9.79. The van der Waals surface area contributed by atoms with E-state index in [2.05, 4.69) is 21.2 Å². The number of nitrogens with zero attached hydrogens (tertiary/aromatic N) is 2. The monoisotopic (exact) mass is 689 g/mol. The van der Waals surface area contributed by atoms with Crippen LogP contribution in [0.15, 0.2) is 106 Å². The van der Waals surface area contributed by atoms with Gasteiger partial charge in [0.25, 0.3) is 10.0 Å². The van der Waals surface area contributed by atoms with Gasteiger partial charge in [-0.1, -0.05) is 88.2 Å². The van der Waals surface area contributed by atoms with Crippen LogP contribution in [0.2, 0.25) is 0 Å². The molecule has 4 rings (SSSR count). The molecule has 236 valence electrons. The van der Waals surface area contributed by atoms with Gasteiger partial charge in [-0.2, -0.15) is 0 Å². The Bertz CT molecular complexity index is 1720. The predicted octanol–water partition coefficient (Wildman–Crippen LogP) is 6.73. The predicted molar refractivity (Wildman–Crippen MR) is 184 cm³/mol. The summed E-state index contributed by atoms with van der Waals surface area (Å²) < 4.78 is 30.6. The Morgan fingerprint density at radius 2 is 1.42 bits per heavy atom. The number of sulfonamides is 1. The first-order valence-corrected chi connectivity index (χ1v) is 17.1. The van der Waals surface area contributed by atoms with Crippen molar-refractivity contribution in [2.24, 2.45) is 0 Å². The molecule has 0 aliphatic heterocycles. The van der Waals surface area contributed by atoms with E-state index in [1.54, 1.807) is 30.3 Å². The zero-order valence-corrected chi connectivity index (χ0v) is 28.7. The molecule has 0 saturated heterocycles. The van der Waals surface area contributed by atoms with Crippen molar-refractivity contribution in [2.45, 2.75) is 64.6 Å². The highest BCUT2D eigenvalue weighted by Crippen LogP contribution is 2.29. The van der Waals surface area contributed by atoms with E-state index >= 15 is 0 Å². The summed E-state index contributed by atoms with van der Waals surface area (Å²) in [4.78, 5) is 30.0. The summed E-state index contributed by atoms with van der Waals surface area (Å²) in [7, 11) is -4.16. The SMILES string of the molecule is Cc1ccc(S(=O)(=O)N(CC(=O)N(Cc2ccc(Br)cc2)[C@@H](Cc2ccccc2)C(=O)NC(C)C)c2cc(C)ccc2C)cc1. The maximum Gasteiger partial charge on any atom is 0.264 e. The number of anilines is 1. The third-order valence-electron chi connectivity index (χ3n) is 7.49. The van der Waals surface area contributed by atoms with Gasteiger partial charge in [0.05, 0.1) is 10.6 Å². The number of carbonyl (C=O) groups excluding carboxylic acids is 2. The molecule has 1 N–H and O–H groups in total. The number of halogens is 1. The van der Waals surface area contributed by atoms with Gasteiger partial charge in [0.1, 0.15) is 12.6 Å². The van der Waals surface area contributed by atoms with Crippen molar-refractivity contribution in [3.63, 3.8) is 0 Å². The van der Waals surface area contributed by atoms with Crippen molar-refractivity contribution in [2.75, 3.05) is 10.8 Å². The molecule has 0 unspecified atom stereocenters. The van der Waals surface area contributed by atoms with Crippen LogP contribution in [0.5, 0.6) is 0 Å². The Kier molecular flexibility index (Phi) is 11.2. The second-order valence-electron chi connectivity index (χ2n) is 11.6. The third kappa shape index (κ3) is 8.83. The maximum atomic E-state index is 14.6. The van der Waals surface area contributed by atoms with E-state index in [0.29, 0.717) is 11.3 Å². The normalized spacial score (nSPS) is 12.1. The van der Waals surface area contributed by atoms with E-state index < -0.39 is 28.5 Å². The van der Waals surface area contributed by atoms with Gasteiger partial charge in [0.2, 0.25) is 11.8 Å². The number of amides is 2. The summed E-state index contributed by atoms with van der Waals surface area (Å²) >= 11 is 3.47. The lowest BCUT2D eigenvalue weighted by Crippen LogP contribution is -2.54. The molecule has 0 aliphatic carbocycles. The highest BCUT2D eigenvalue weighted by atomic mass is 79.9. The maximum absolute atomic E-state index is 14.6. The Morgan fingerprint density at radius 1 is 0.800 bits per heavy atom. The van der Waals surface area contributed by atoms with Crippen LogP contribution in [0.4, 0.5) is 5.69 Å². The quantitative estimate of drug-likeness (QED) is 0.179. The number of carbonyl (C=O) groups is 2. The Morgan fingerprint density at radius 3 is 2.04 bits per heavy atom. The number of rotatable bonds is 12. The van der Waals surface area contributed by atoms with Crippen molar-refractivity contribution >= 4 is 43.5 Å². The summed E-state index contributed by atoms with van der Waals surface area (Å²) in [6, 6.07) is 28.1. The first-order valence-electron chi connectivity index (χ1n) is 14.9. The molecule has 0 saturated carbocycles. The topological polar surface area (TPSA) is 86.8 Å². The molecule has 0 radical (unpaired) electrons. The van der Waals surface area contributed by atoms with Crippen LogP contribution >= 0.6 is 15.9 Å². The standard InChI is InChI=1S/C36H40BrN3O4S/c1-25(2)38-36(42)34(22-29-9-7-6-8-10-29)39(23-30-15-17-31(37)18-16-30)35(41)24-40(33-21-27(4)11-14-28(33)5)45(43,44)32-19-12-26(3)13-20-32/h6-21,25,34H,22-24H2,1-5H3,(H,38,42)/t34-/m0/s1. The van der Waals surface area contributed by atoms with E-state index in [1.807, 2.05) is 101 Å². The van der Waals surface area contributed by atoms with Crippen LogP contribution in [0.3, 0.4) is 0 Å². The largest absolute Gasteiger partial charge is 0.352 e. The summed E-state index contributed by atoms with van der Waals surface area (Å²) in [5.74, 6) is -0.798. The molecule has 9 heteroatoms. The summed E-state index contributed by atoms with van der Waals surface area (Å²) in [5, 5.41) is 2.98. The molecule has 1 atom stereocenters. The molecule has 2 amide bonds. The van der Waals surface area contributed by atoms with E-state index in [0.717, 1.165) is 26.7 Å². The average molecular weight is 691 g/mol. The average Bonchev–Trinajstić information content (AvgIpc) is 3.00. The van der Waals surface area contributed by atoms with E-state index in [-0.39, 0.29) is 29.8 Å². The van der Waals surface area contributed by atoms with Gasteiger partial charge >= 0.3 is 0 Å². The van der Waals surface area contributed by atoms with E-state index in [4.69, 9.17) is 0 Å². The van der Waals surface area contributed by atoms with Gasteiger partial charge in [0, 0.05) is 23.5 Å². The molecule has 0 fully saturated rings. The lowest BCUT2D eigenvalue weighted by molar-refractivity contribution is -0.140. The number of benzene rings is 4. The van der Waals surface area contributed by atoms with Crippen molar-refractivity contribution in [1.82, 2.24) is 10.2 Å². The molecular weight excluding hydrogens is 650 g/mol. The van der Waals surface area contributed by atoms with Crippen LogP contribution in [-0.4, -0.2) is 43.8 Å². The molecule has 0 heterocycles. The van der Waals surface area contributed by atoms with Crippen LogP contribution in [-0.2, 0) is 32.6 Å². The fourth-order valence-corrected chi connectivity index (χ4v) is 6.79. The highest BCUT2D eigenvalue weighted by Gasteiger charge is 2.35. The molecular formula is C36H40BrN3O4S. The van der Waals surface area contributed by atoms with Crippen LogP contribution in [0.1, 0.15) is 41.7 Å².